The Morgan fingerprint density at radius 2 is 1.36 bits per heavy atom. The van der Waals surface area contributed by atoms with Crippen LogP contribution in [0.4, 0.5) is 8.78 Å². The van der Waals surface area contributed by atoms with Gasteiger partial charge in [-0.1, -0.05) is 56.3 Å². The molecule has 0 unspecified atom stereocenters. The number of hydrogen-bond donors (Lipinski definition) is 0. The van der Waals surface area contributed by atoms with Gasteiger partial charge in [0, 0.05) is 28.2 Å². The highest BCUT2D eigenvalue weighted by Gasteiger charge is 2.31. The van der Waals surface area contributed by atoms with E-state index < -0.39 is 22.5 Å². The molecule has 4 rings (SSSR count). The molecule has 4 aromatic rings. The van der Waals surface area contributed by atoms with Crippen molar-refractivity contribution in [1.82, 2.24) is 9.97 Å². The average molecular weight is 443 g/mol. The Morgan fingerprint density at radius 3 is 2.03 bits per heavy atom. The summed E-state index contributed by atoms with van der Waals surface area (Å²) in [6.45, 7) is 9.47. The summed E-state index contributed by atoms with van der Waals surface area (Å²) in [5, 5.41) is 0. The minimum absolute atomic E-state index is 0.00250. The van der Waals surface area contributed by atoms with Crippen molar-refractivity contribution < 1.29 is 8.78 Å². The molecule has 168 valence electrons. The zero-order chi connectivity index (χ0) is 23.8. The van der Waals surface area contributed by atoms with Crippen LogP contribution in [0.5, 0.6) is 0 Å². The van der Waals surface area contributed by atoms with Crippen LogP contribution in [0.25, 0.3) is 11.3 Å². The first-order valence-electron chi connectivity index (χ1n) is 11.1. The molecule has 0 fully saturated rings. The fourth-order valence-electron chi connectivity index (χ4n) is 4.22. The van der Waals surface area contributed by atoms with Gasteiger partial charge in [-0.05, 0) is 62.2 Å². The van der Waals surface area contributed by atoms with Gasteiger partial charge in [-0.2, -0.15) is 0 Å². The summed E-state index contributed by atoms with van der Waals surface area (Å²) in [6, 6.07) is 22.6. The van der Waals surface area contributed by atoms with Crippen molar-refractivity contribution >= 4 is 0 Å². The second-order valence-corrected chi connectivity index (χ2v) is 9.46. The Labute approximate surface area is 194 Å². The van der Waals surface area contributed by atoms with Crippen LogP contribution < -0.4 is 0 Å². The number of aromatic nitrogens is 2. The van der Waals surface area contributed by atoms with Crippen molar-refractivity contribution in [2.45, 2.75) is 45.4 Å². The molecule has 2 aromatic carbocycles. The van der Waals surface area contributed by atoms with E-state index in [4.69, 9.17) is 4.98 Å². The summed E-state index contributed by atoms with van der Waals surface area (Å²) in [6.07, 6.45) is 1.75. The standard InChI is InChI=1S/C29H28F2N2/c1-19-26(30)21(18-22(27(19)31)28(2,3)20-12-7-6-8-13-20)23-14-11-16-25(33-23)29(4,5)24-15-9-10-17-32-24/h6-18H,1-5H3. The summed E-state index contributed by atoms with van der Waals surface area (Å²) in [4.78, 5) is 9.30. The first kappa shape index (κ1) is 22.8. The van der Waals surface area contributed by atoms with Crippen molar-refractivity contribution in [3.8, 4) is 11.3 Å². The lowest BCUT2D eigenvalue weighted by atomic mass is 9.76. The zero-order valence-electron chi connectivity index (χ0n) is 19.7. The molecule has 0 spiro atoms. The van der Waals surface area contributed by atoms with Gasteiger partial charge < -0.3 is 0 Å². The van der Waals surface area contributed by atoms with Crippen LogP contribution in [-0.4, -0.2) is 9.97 Å². The molecule has 0 saturated carbocycles. The lowest BCUT2D eigenvalue weighted by Gasteiger charge is -2.28. The molecule has 0 radical (unpaired) electrons. The topological polar surface area (TPSA) is 25.8 Å². The largest absolute Gasteiger partial charge is 0.260 e. The van der Waals surface area contributed by atoms with Crippen LogP contribution in [0.1, 0.15) is 55.8 Å². The van der Waals surface area contributed by atoms with Crippen LogP contribution in [0.3, 0.4) is 0 Å². The second-order valence-electron chi connectivity index (χ2n) is 9.46. The van der Waals surface area contributed by atoms with Crippen molar-refractivity contribution in [2.24, 2.45) is 0 Å². The van der Waals surface area contributed by atoms with Gasteiger partial charge in [-0.15, -0.1) is 0 Å². The predicted octanol–water partition coefficient (Wildman–Crippen LogP) is 7.38. The highest BCUT2D eigenvalue weighted by Crippen LogP contribution is 2.38. The van der Waals surface area contributed by atoms with E-state index in [1.165, 1.54) is 6.92 Å². The fraction of sp³-hybridized carbons (Fsp3) is 0.241. The van der Waals surface area contributed by atoms with Gasteiger partial charge in [0.1, 0.15) is 11.6 Å². The van der Waals surface area contributed by atoms with Gasteiger partial charge in [-0.3, -0.25) is 9.97 Å². The molecule has 2 heterocycles. The third-order valence-electron chi connectivity index (χ3n) is 6.56. The molecule has 0 bridgehead atoms. The van der Waals surface area contributed by atoms with Gasteiger partial charge in [0.05, 0.1) is 17.1 Å². The Kier molecular flexibility index (Phi) is 5.87. The third-order valence-corrected chi connectivity index (χ3v) is 6.56. The summed E-state index contributed by atoms with van der Waals surface area (Å²) in [5.74, 6) is -1.10. The van der Waals surface area contributed by atoms with E-state index in [1.807, 2.05) is 88.4 Å². The maximum absolute atomic E-state index is 15.4. The molecule has 2 aromatic heterocycles. The zero-order valence-corrected chi connectivity index (χ0v) is 19.7. The third kappa shape index (κ3) is 4.06. The monoisotopic (exact) mass is 442 g/mol. The van der Waals surface area contributed by atoms with Gasteiger partial charge >= 0.3 is 0 Å². The number of nitrogens with zero attached hydrogens (tertiary/aromatic N) is 2. The molecule has 0 N–H and O–H groups in total. The van der Waals surface area contributed by atoms with Gasteiger partial charge in [-0.25, -0.2) is 8.78 Å². The van der Waals surface area contributed by atoms with E-state index in [9.17, 15) is 0 Å². The highest BCUT2D eigenvalue weighted by molar-refractivity contribution is 5.64. The molecular weight excluding hydrogens is 414 g/mol. The number of hydrogen-bond acceptors (Lipinski definition) is 2. The summed E-state index contributed by atoms with van der Waals surface area (Å²) in [5.41, 5.74) is 2.69. The second kappa shape index (κ2) is 8.51. The van der Waals surface area contributed by atoms with E-state index in [-0.39, 0.29) is 5.56 Å². The molecule has 33 heavy (non-hydrogen) atoms. The van der Waals surface area contributed by atoms with Crippen LogP contribution in [0.15, 0.2) is 79.0 Å². The first-order chi connectivity index (χ1) is 15.6. The molecule has 0 amide bonds. The van der Waals surface area contributed by atoms with Crippen LogP contribution >= 0.6 is 0 Å². The SMILES string of the molecule is Cc1c(F)c(-c2cccc(C(C)(C)c3ccccn3)n2)cc(C(C)(C)c2ccccc2)c1F. The minimum Gasteiger partial charge on any atom is -0.260 e. The van der Waals surface area contributed by atoms with Crippen molar-refractivity contribution in [3.05, 3.63) is 119 Å². The Hall–Kier alpha value is -3.40. The lowest BCUT2D eigenvalue weighted by molar-refractivity contribution is 0.522. The Balaban J connectivity index is 1.87. The summed E-state index contributed by atoms with van der Waals surface area (Å²) < 4.78 is 30.7. The highest BCUT2D eigenvalue weighted by atomic mass is 19.1. The van der Waals surface area contributed by atoms with Crippen molar-refractivity contribution in [1.29, 1.82) is 0 Å². The lowest BCUT2D eigenvalue weighted by Crippen LogP contribution is -2.23. The first-order valence-corrected chi connectivity index (χ1v) is 11.1. The van der Waals surface area contributed by atoms with E-state index in [0.717, 1.165) is 17.0 Å². The minimum atomic E-state index is -0.649. The summed E-state index contributed by atoms with van der Waals surface area (Å²) in [7, 11) is 0. The smallest absolute Gasteiger partial charge is 0.138 e. The molecule has 0 saturated heterocycles. The van der Waals surface area contributed by atoms with Crippen LogP contribution in [0, 0.1) is 18.6 Å². The van der Waals surface area contributed by atoms with Gasteiger partial charge in [0.2, 0.25) is 0 Å². The summed E-state index contributed by atoms with van der Waals surface area (Å²) >= 11 is 0. The fourth-order valence-corrected chi connectivity index (χ4v) is 4.22. The number of rotatable bonds is 5. The molecule has 0 aliphatic heterocycles. The molecule has 4 heteroatoms. The maximum atomic E-state index is 15.4. The molecule has 0 aliphatic carbocycles. The normalized spacial score (nSPS) is 12.1. The molecule has 2 nitrogen and oxygen atoms in total. The quantitative estimate of drug-likeness (QED) is 0.322. The average Bonchev–Trinajstić information content (AvgIpc) is 2.84. The Morgan fingerprint density at radius 1 is 0.697 bits per heavy atom. The molecule has 0 atom stereocenters. The van der Waals surface area contributed by atoms with Crippen LogP contribution in [0.2, 0.25) is 0 Å². The van der Waals surface area contributed by atoms with E-state index in [1.54, 1.807) is 18.3 Å². The van der Waals surface area contributed by atoms with Gasteiger partial charge in [0.25, 0.3) is 0 Å². The molecule has 0 aliphatic rings. The van der Waals surface area contributed by atoms with Crippen molar-refractivity contribution in [3.63, 3.8) is 0 Å². The number of halogens is 2. The number of pyridine rings is 2. The van der Waals surface area contributed by atoms with Gasteiger partial charge in [0.15, 0.2) is 0 Å². The maximum Gasteiger partial charge on any atom is 0.138 e. The van der Waals surface area contributed by atoms with Crippen molar-refractivity contribution in [2.75, 3.05) is 0 Å². The van der Waals surface area contributed by atoms with Crippen LogP contribution in [-0.2, 0) is 10.8 Å². The molecular formula is C29H28F2N2. The number of benzene rings is 2. The van der Waals surface area contributed by atoms with E-state index in [0.29, 0.717) is 16.8 Å². The predicted molar refractivity (Wildman–Crippen MR) is 129 cm³/mol. The van der Waals surface area contributed by atoms with E-state index >= 15 is 8.78 Å². The van der Waals surface area contributed by atoms with E-state index in [2.05, 4.69) is 4.98 Å². The Bertz CT molecular complexity index is 1280.